The Morgan fingerprint density at radius 2 is 1.83 bits per heavy atom. The molecule has 0 aromatic heterocycles. The molecule has 0 spiro atoms. The lowest BCUT2D eigenvalue weighted by molar-refractivity contribution is -0.121. The van der Waals surface area contributed by atoms with Crippen molar-refractivity contribution < 1.29 is 4.79 Å². The van der Waals surface area contributed by atoms with E-state index >= 15 is 0 Å². The lowest BCUT2D eigenvalue weighted by Crippen LogP contribution is -2.37. The molecule has 1 aromatic carbocycles. The fraction of sp³-hybridized carbons (Fsp3) is 0.533. The molecule has 0 unspecified atom stereocenters. The highest BCUT2D eigenvalue weighted by Crippen LogP contribution is 2.24. The summed E-state index contributed by atoms with van der Waals surface area (Å²) in [5.74, 6) is 0.622. The van der Waals surface area contributed by atoms with Gasteiger partial charge in [0.05, 0.1) is 6.42 Å². The van der Waals surface area contributed by atoms with Crippen molar-refractivity contribution in [2.24, 2.45) is 11.3 Å². The van der Waals surface area contributed by atoms with Crippen LogP contribution in [-0.2, 0) is 11.2 Å². The molecule has 1 aromatic rings. The molecule has 0 bridgehead atoms. The number of hydrogen-bond donors (Lipinski definition) is 2. The van der Waals surface area contributed by atoms with Crippen LogP contribution < -0.4 is 5.32 Å². The van der Waals surface area contributed by atoms with Crippen LogP contribution in [0.4, 0.5) is 0 Å². The van der Waals surface area contributed by atoms with E-state index in [-0.39, 0.29) is 11.3 Å². The van der Waals surface area contributed by atoms with Gasteiger partial charge in [0.1, 0.15) is 0 Å². The fourth-order valence-electron chi connectivity index (χ4n) is 1.39. The van der Waals surface area contributed by atoms with Crippen molar-refractivity contribution in [3.05, 3.63) is 29.8 Å². The first kappa shape index (κ1) is 15.1. The Balaban J connectivity index is 2.45. The Bertz CT molecular complexity index is 395. The number of carbonyl (C=O) groups is 1. The van der Waals surface area contributed by atoms with E-state index in [4.69, 9.17) is 0 Å². The summed E-state index contributed by atoms with van der Waals surface area (Å²) in [5, 5.41) is 3.01. The third-order valence-electron chi connectivity index (χ3n) is 3.61. The van der Waals surface area contributed by atoms with Crippen LogP contribution >= 0.6 is 12.6 Å². The third-order valence-corrected chi connectivity index (χ3v) is 3.90. The van der Waals surface area contributed by atoms with E-state index in [2.05, 4.69) is 45.6 Å². The van der Waals surface area contributed by atoms with Gasteiger partial charge in [-0.3, -0.25) is 4.79 Å². The van der Waals surface area contributed by atoms with Gasteiger partial charge in [0.15, 0.2) is 0 Å². The summed E-state index contributed by atoms with van der Waals surface area (Å²) in [6.45, 7) is 9.42. The summed E-state index contributed by atoms with van der Waals surface area (Å²) in [7, 11) is 0. The first-order valence-electron chi connectivity index (χ1n) is 6.36. The van der Waals surface area contributed by atoms with Crippen LogP contribution in [0.25, 0.3) is 0 Å². The van der Waals surface area contributed by atoms with E-state index in [0.29, 0.717) is 18.9 Å². The molecule has 0 fully saturated rings. The van der Waals surface area contributed by atoms with E-state index < -0.39 is 0 Å². The van der Waals surface area contributed by atoms with Gasteiger partial charge in [0, 0.05) is 11.4 Å². The first-order chi connectivity index (χ1) is 8.31. The lowest BCUT2D eigenvalue weighted by Gasteiger charge is -2.29. The van der Waals surface area contributed by atoms with Crippen molar-refractivity contribution in [3.8, 4) is 0 Å². The van der Waals surface area contributed by atoms with E-state index in [0.717, 1.165) is 10.5 Å². The van der Waals surface area contributed by atoms with Gasteiger partial charge in [-0.25, -0.2) is 0 Å². The zero-order chi connectivity index (χ0) is 13.8. The molecule has 100 valence electrons. The average Bonchev–Trinajstić information content (AvgIpc) is 2.29. The zero-order valence-electron chi connectivity index (χ0n) is 11.7. The number of nitrogens with one attached hydrogen (secondary N) is 1. The second-order valence-corrected chi connectivity index (χ2v) is 6.28. The standard InChI is InChI=1S/C15H23NOS/c1-11(2)15(3,4)10-16-14(17)9-12-5-7-13(18)8-6-12/h5-8,11,18H,9-10H2,1-4H3,(H,16,17). The van der Waals surface area contributed by atoms with Crippen molar-refractivity contribution in [1.82, 2.24) is 5.32 Å². The van der Waals surface area contributed by atoms with E-state index in [9.17, 15) is 4.79 Å². The van der Waals surface area contributed by atoms with Crippen molar-refractivity contribution >= 4 is 18.5 Å². The summed E-state index contributed by atoms with van der Waals surface area (Å²) in [6, 6.07) is 7.69. The minimum Gasteiger partial charge on any atom is -0.355 e. The van der Waals surface area contributed by atoms with Crippen LogP contribution in [0.1, 0.15) is 33.3 Å². The minimum atomic E-state index is 0.0793. The van der Waals surface area contributed by atoms with Crippen LogP contribution in [0.2, 0.25) is 0 Å². The van der Waals surface area contributed by atoms with Gasteiger partial charge >= 0.3 is 0 Å². The van der Waals surface area contributed by atoms with Crippen LogP contribution in [0, 0.1) is 11.3 Å². The van der Waals surface area contributed by atoms with E-state index in [1.165, 1.54) is 0 Å². The van der Waals surface area contributed by atoms with E-state index in [1.807, 2.05) is 24.3 Å². The van der Waals surface area contributed by atoms with Crippen molar-refractivity contribution in [1.29, 1.82) is 0 Å². The van der Waals surface area contributed by atoms with Gasteiger partial charge in [-0.1, -0.05) is 39.8 Å². The van der Waals surface area contributed by atoms with Crippen LogP contribution in [0.3, 0.4) is 0 Å². The number of carbonyl (C=O) groups excluding carboxylic acids is 1. The molecule has 0 aliphatic heterocycles. The maximum absolute atomic E-state index is 11.8. The summed E-state index contributed by atoms with van der Waals surface area (Å²) in [4.78, 5) is 12.8. The largest absolute Gasteiger partial charge is 0.355 e. The molecule has 1 rings (SSSR count). The summed E-state index contributed by atoms with van der Waals surface area (Å²) in [5.41, 5.74) is 1.15. The van der Waals surface area contributed by atoms with Gasteiger partial charge in [-0.2, -0.15) is 0 Å². The third kappa shape index (κ3) is 4.73. The van der Waals surface area contributed by atoms with Crippen molar-refractivity contribution in [2.75, 3.05) is 6.54 Å². The second-order valence-electron chi connectivity index (χ2n) is 5.76. The van der Waals surface area contributed by atoms with Gasteiger partial charge in [-0.05, 0) is 29.0 Å². The lowest BCUT2D eigenvalue weighted by atomic mass is 9.81. The Morgan fingerprint density at radius 1 is 1.28 bits per heavy atom. The molecule has 0 saturated heterocycles. The number of hydrogen-bond acceptors (Lipinski definition) is 2. The normalized spacial score (nSPS) is 11.7. The number of amides is 1. The molecule has 0 radical (unpaired) electrons. The van der Waals surface area contributed by atoms with Crippen LogP contribution in [-0.4, -0.2) is 12.5 Å². The average molecular weight is 265 g/mol. The molecule has 2 nitrogen and oxygen atoms in total. The SMILES string of the molecule is CC(C)C(C)(C)CNC(=O)Cc1ccc(S)cc1. The van der Waals surface area contributed by atoms with Gasteiger partial charge in [0.2, 0.25) is 5.91 Å². The zero-order valence-corrected chi connectivity index (χ0v) is 12.6. The van der Waals surface area contributed by atoms with Gasteiger partial charge in [0.25, 0.3) is 0 Å². The maximum Gasteiger partial charge on any atom is 0.224 e. The number of thiol groups is 1. The smallest absolute Gasteiger partial charge is 0.224 e. The van der Waals surface area contributed by atoms with Crippen molar-refractivity contribution in [3.63, 3.8) is 0 Å². The summed E-state index contributed by atoms with van der Waals surface area (Å²) < 4.78 is 0. The minimum absolute atomic E-state index is 0.0793. The molecule has 1 amide bonds. The molecular formula is C15H23NOS. The second kappa shape index (κ2) is 6.28. The Morgan fingerprint density at radius 3 is 2.33 bits per heavy atom. The van der Waals surface area contributed by atoms with Crippen molar-refractivity contribution in [2.45, 2.75) is 39.0 Å². The molecule has 0 heterocycles. The Labute approximate surface area is 116 Å². The summed E-state index contributed by atoms with van der Waals surface area (Å²) >= 11 is 4.22. The molecule has 0 aliphatic carbocycles. The van der Waals surface area contributed by atoms with Crippen LogP contribution in [0.15, 0.2) is 29.2 Å². The number of rotatable bonds is 5. The number of benzene rings is 1. The molecule has 1 N–H and O–H groups in total. The highest BCUT2D eigenvalue weighted by Gasteiger charge is 2.22. The highest BCUT2D eigenvalue weighted by atomic mass is 32.1. The molecule has 0 saturated carbocycles. The fourth-order valence-corrected chi connectivity index (χ4v) is 1.54. The maximum atomic E-state index is 11.8. The predicted octanol–water partition coefficient (Wildman–Crippen LogP) is 3.32. The molecule has 0 aliphatic rings. The Hall–Kier alpha value is -0.960. The first-order valence-corrected chi connectivity index (χ1v) is 6.80. The van der Waals surface area contributed by atoms with Gasteiger partial charge in [-0.15, -0.1) is 12.6 Å². The topological polar surface area (TPSA) is 29.1 Å². The molecule has 0 atom stereocenters. The predicted molar refractivity (Wildman–Crippen MR) is 79.0 cm³/mol. The van der Waals surface area contributed by atoms with Crippen LogP contribution in [0.5, 0.6) is 0 Å². The molecule has 18 heavy (non-hydrogen) atoms. The Kier molecular flexibility index (Phi) is 5.27. The highest BCUT2D eigenvalue weighted by molar-refractivity contribution is 7.80. The quantitative estimate of drug-likeness (QED) is 0.786. The molecular weight excluding hydrogens is 242 g/mol. The van der Waals surface area contributed by atoms with E-state index in [1.54, 1.807) is 0 Å². The monoisotopic (exact) mass is 265 g/mol. The molecule has 3 heteroatoms. The van der Waals surface area contributed by atoms with Gasteiger partial charge < -0.3 is 5.32 Å². The summed E-state index contributed by atoms with van der Waals surface area (Å²) in [6.07, 6.45) is 0.433.